The molecule has 24 heavy (non-hydrogen) atoms. The molecule has 7 heteroatoms. The molecule has 3 rings (SSSR count). The van der Waals surface area contributed by atoms with Gasteiger partial charge in [-0.3, -0.25) is 4.79 Å². The topological polar surface area (TPSA) is 88.5 Å². The van der Waals surface area contributed by atoms with Gasteiger partial charge in [0.25, 0.3) is 0 Å². The first-order valence-electron chi connectivity index (χ1n) is 7.79. The number of hydrogen-bond donors (Lipinski definition) is 1. The van der Waals surface area contributed by atoms with Crippen molar-refractivity contribution in [3.8, 4) is 0 Å². The predicted molar refractivity (Wildman–Crippen MR) is 92.3 cm³/mol. The Bertz CT molecular complexity index is 837. The van der Waals surface area contributed by atoms with E-state index in [0.717, 1.165) is 0 Å². The molecule has 1 atom stereocenters. The number of ketones is 1. The van der Waals surface area contributed by atoms with Gasteiger partial charge in [-0.1, -0.05) is 12.1 Å². The van der Waals surface area contributed by atoms with E-state index < -0.39 is 15.8 Å². The Morgan fingerprint density at radius 1 is 1.25 bits per heavy atom. The minimum atomic E-state index is -3.35. The average molecular weight is 413 g/mol. The van der Waals surface area contributed by atoms with E-state index in [9.17, 15) is 23.1 Å². The molecule has 0 aliphatic heterocycles. The fourth-order valence-corrected chi connectivity index (χ4v) is 5.73. The lowest BCUT2D eigenvalue weighted by Gasteiger charge is -2.10. The van der Waals surface area contributed by atoms with Crippen molar-refractivity contribution in [3.05, 3.63) is 34.3 Å². The number of rotatable bonds is 5. The van der Waals surface area contributed by atoms with Crippen LogP contribution < -0.4 is 0 Å². The maximum atomic E-state index is 12.3. The lowest BCUT2D eigenvalue weighted by molar-refractivity contribution is -0.130. The summed E-state index contributed by atoms with van der Waals surface area (Å²) in [5.74, 6) is -1.01. The number of carboxylic acids is 1. The first-order chi connectivity index (χ1) is 11.3. The summed E-state index contributed by atoms with van der Waals surface area (Å²) in [7, 11) is -3.35. The molecular weight excluding hydrogens is 396 g/mol. The van der Waals surface area contributed by atoms with Crippen LogP contribution in [0, 0.1) is 5.92 Å². The summed E-state index contributed by atoms with van der Waals surface area (Å²) in [6.45, 7) is 0. The molecule has 0 unspecified atom stereocenters. The molecule has 2 fully saturated rings. The van der Waals surface area contributed by atoms with Gasteiger partial charge in [0.2, 0.25) is 0 Å². The highest BCUT2D eigenvalue weighted by atomic mass is 79.9. The molecule has 0 heterocycles. The molecule has 0 bridgehead atoms. The fraction of sp³-hybridized carbons (Fsp3) is 0.412. The molecule has 1 aromatic rings. The molecule has 5 nitrogen and oxygen atoms in total. The minimum absolute atomic E-state index is 0.0720. The van der Waals surface area contributed by atoms with Crippen LogP contribution in [-0.2, 0) is 19.4 Å². The van der Waals surface area contributed by atoms with E-state index in [-0.39, 0.29) is 27.4 Å². The zero-order chi connectivity index (χ0) is 17.5. The summed E-state index contributed by atoms with van der Waals surface area (Å²) in [5, 5.41) is 9.16. The Morgan fingerprint density at radius 3 is 2.46 bits per heavy atom. The molecule has 2 aliphatic rings. The lowest BCUT2D eigenvalue weighted by Crippen LogP contribution is -2.09. The SMILES string of the molecule is O=C1CC[C@@H](/C=C(/C(=O)O)c2ccc(S(=O)(=O)C3CC3)c(Br)c2)C1. The van der Waals surface area contributed by atoms with Crippen molar-refractivity contribution >= 4 is 43.1 Å². The van der Waals surface area contributed by atoms with Crippen molar-refractivity contribution in [2.75, 3.05) is 0 Å². The third-order valence-corrected chi connectivity index (χ3v) is 7.67. The Morgan fingerprint density at radius 2 is 1.96 bits per heavy atom. The maximum Gasteiger partial charge on any atom is 0.335 e. The normalized spacial score (nSPS) is 22.0. The number of aliphatic carboxylic acids is 1. The van der Waals surface area contributed by atoms with Crippen LogP contribution >= 0.6 is 15.9 Å². The third-order valence-electron chi connectivity index (χ3n) is 4.43. The molecule has 0 amide bonds. The second-order valence-electron chi connectivity index (χ2n) is 6.32. The summed E-state index contributed by atoms with van der Waals surface area (Å²) >= 11 is 3.27. The highest BCUT2D eigenvalue weighted by Gasteiger charge is 2.38. The van der Waals surface area contributed by atoms with Gasteiger partial charge in [-0.15, -0.1) is 0 Å². The Kier molecular flexibility index (Phi) is 4.66. The molecule has 128 valence electrons. The van der Waals surface area contributed by atoms with Crippen molar-refractivity contribution in [2.24, 2.45) is 5.92 Å². The number of Topliss-reactive ketones (excluding diaryl/α,β-unsaturated/α-hetero) is 1. The van der Waals surface area contributed by atoms with Gasteiger partial charge < -0.3 is 5.11 Å². The van der Waals surface area contributed by atoms with Gasteiger partial charge in [0.05, 0.1) is 15.7 Å². The van der Waals surface area contributed by atoms with Crippen LogP contribution in [0.4, 0.5) is 0 Å². The van der Waals surface area contributed by atoms with E-state index in [1.807, 2.05) is 0 Å². The maximum absolute atomic E-state index is 12.3. The quantitative estimate of drug-likeness (QED) is 0.749. The van der Waals surface area contributed by atoms with Crippen LogP contribution in [-0.4, -0.2) is 30.5 Å². The number of carboxylic acid groups (broad SMARTS) is 1. The number of carbonyl (C=O) groups is 2. The van der Waals surface area contributed by atoms with Crippen molar-refractivity contribution < 1.29 is 23.1 Å². The zero-order valence-electron chi connectivity index (χ0n) is 12.9. The molecule has 0 spiro atoms. The van der Waals surface area contributed by atoms with Gasteiger partial charge in [-0.2, -0.15) is 0 Å². The largest absolute Gasteiger partial charge is 0.478 e. The van der Waals surface area contributed by atoms with Gasteiger partial charge in [-0.25, -0.2) is 13.2 Å². The first kappa shape index (κ1) is 17.4. The van der Waals surface area contributed by atoms with Crippen LogP contribution in [0.5, 0.6) is 0 Å². The molecule has 0 aromatic heterocycles. The van der Waals surface area contributed by atoms with Gasteiger partial charge in [-0.05, 0) is 58.8 Å². The summed E-state index contributed by atoms with van der Waals surface area (Å²) in [5.41, 5.74) is 0.536. The van der Waals surface area contributed by atoms with E-state index >= 15 is 0 Å². The standard InChI is InChI=1S/C17H17BrO5S/c18-15-9-11(2-6-16(15)24(22,23)13-4-5-13)14(17(20)21)8-10-1-3-12(19)7-10/h2,6,8-10,13H,1,3-5,7H2,(H,20,21)/b14-8+/t10-/m1/s1. The lowest BCUT2D eigenvalue weighted by atomic mass is 9.99. The number of hydrogen-bond acceptors (Lipinski definition) is 4. The molecule has 2 aliphatic carbocycles. The summed E-state index contributed by atoms with van der Waals surface area (Å²) < 4.78 is 25.1. The summed E-state index contributed by atoms with van der Waals surface area (Å²) in [6.07, 6.45) is 4.47. The van der Waals surface area contributed by atoms with Crippen LogP contribution in [0.1, 0.15) is 37.7 Å². The van der Waals surface area contributed by atoms with Crippen LogP contribution in [0.2, 0.25) is 0 Å². The number of benzene rings is 1. The smallest absolute Gasteiger partial charge is 0.335 e. The van der Waals surface area contributed by atoms with Gasteiger partial charge in [0.1, 0.15) is 5.78 Å². The Hall–Kier alpha value is -1.47. The molecular formula is C17H17BrO5S. The van der Waals surface area contributed by atoms with Crippen LogP contribution in [0.3, 0.4) is 0 Å². The number of carbonyl (C=O) groups excluding carboxylic acids is 1. The van der Waals surface area contributed by atoms with E-state index in [1.54, 1.807) is 6.08 Å². The highest BCUT2D eigenvalue weighted by molar-refractivity contribution is 9.10. The minimum Gasteiger partial charge on any atom is -0.478 e. The van der Waals surface area contributed by atoms with Crippen LogP contribution in [0.15, 0.2) is 33.6 Å². The average Bonchev–Trinajstić information content (AvgIpc) is 3.28. The fourth-order valence-electron chi connectivity index (χ4n) is 2.97. The molecule has 0 radical (unpaired) electrons. The van der Waals surface area contributed by atoms with Gasteiger partial charge >= 0.3 is 5.97 Å². The van der Waals surface area contributed by atoms with Gasteiger partial charge in [0.15, 0.2) is 9.84 Å². The summed E-state index contributed by atoms with van der Waals surface area (Å²) in [4.78, 5) is 23.2. The summed E-state index contributed by atoms with van der Waals surface area (Å²) in [6, 6.07) is 4.52. The predicted octanol–water partition coefficient (Wildman–Crippen LogP) is 3.22. The van der Waals surface area contributed by atoms with Gasteiger partial charge in [0, 0.05) is 17.3 Å². The van der Waals surface area contributed by atoms with E-state index in [2.05, 4.69) is 15.9 Å². The molecule has 1 aromatic carbocycles. The molecule has 2 saturated carbocycles. The van der Waals surface area contributed by atoms with E-state index in [0.29, 0.717) is 42.1 Å². The van der Waals surface area contributed by atoms with Crippen molar-refractivity contribution in [3.63, 3.8) is 0 Å². The van der Waals surface area contributed by atoms with Crippen molar-refractivity contribution in [2.45, 2.75) is 42.2 Å². The Labute approximate surface area is 148 Å². The second kappa shape index (κ2) is 6.44. The van der Waals surface area contributed by atoms with Crippen molar-refractivity contribution in [1.82, 2.24) is 0 Å². The number of allylic oxidation sites excluding steroid dienone is 1. The van der Waals surface area contributed by atoms with E-state index in [4.69, 9.17) is 0 Å². The monoisotopic (exact) mass is 412 g/mol. The Balaban J connectivity index is 1.95. The second-order valence-corrected chi connectivity index (χ2v) is 9.37. The highest BCUT2D eigenvalue weighted by Crippen LogP contribution is 2.37. The number of halogens is 1. The van der Waals surface area contributed by atoms with Crippen molar-refractivity contribution in [1.29, 1.82) is 0 Å². The third kappa shape index (κ3) is 3.47. The van der Waals surface area contributed by atoms with Crippen LogP contribution in [0.25, 0.3) is 5.57 Å². The first-order valence-corrected chi connectivity index (χ1v) is 10.1. The molecule has 1 N–H and O–H groups in total. The number of sulfone groups is 1. The molecule has 0 saturated heterocycles. The zero-order valence-corrected chi connectivity index (χ0v) is 15.3. The van der Waals surface area contributed by atoms with E-state index in [1.165, 1.54) is 18.2 Å².